The summed E-state index contributed by atoms with van der Waals surface area (Å²) in [7, 11) is 3.27. The molecule has 0 aromatic heterocycles. The van der Waals surface area contributed by atoms with Crippen LogP contribution in [0.15, 0.2) is 36.4 Å². The first-order valence-electron chi connectivity index (χ1n) is 7.45. The third kappa shape index (κ3) is 2.66. The van der Waals surface area contributed by atoms with E-state index in [1.54, 1.807) is 20.3 Å². The fraction of sp³-hybridized carbons (Fsp3) is 0.333. The van der Waals surface area contributed by atoms with Crippen LogP contribution in [-0.2, 0) is 13.0 Å². The maximum atomic E-state index is 13.8. The molecule has 0 bridgehead atoms. The fourth-order valence-corrected chi connectivity index (χ4v) is 3.15. The quantitative estimate of drug-likeness (QED) is 0.915. The van der Waals surface area contributed by atoms with Crippen LogP contribution < -0.4 is 14.8 Å². The van der Waals surface area contributed by atoms with Gasteiger partial charge in [0.25, 0.3) is 0 Å². The van der Waals surface area contributed by atoms with Crippen molar-refractivity contribution < 1.29 is 13.9 Å². The lowest BCUT2D eigenvalue weighted by atomic mass is 10.1. The molecular formula is C18H20FNO2. The Labute approximate surface area is 130 Å². The van der Waals surface area contributed by atoms with Crippen LogP contribution in [0.25, 0.3) is 0 Å². The van der Waals surface area contributed by atoms with Gasteiger partial charge in [-0.1, -0.05) is 24.3 Å². The lowest BCUT2D eigenvalue weighted by Crippen LogP contribution is -2.19. The molecule has 0 saturated carbocycles. The van der Waals surface area contributed by atoms with Crippen LogP contribution in [0.1, 0.15) is 29.2 Å². The summed E-state index contributed by atoms with van der Waals surface area (Å²) in [6.45, 7) is 0.654. The summed E-state index contributed by atoms with van der Waals surface area (Å²) in [6.07, 6.45) is 1.71. The van der Waals surface area contributed by atoms with Crippen molar-refractivity contribution in [3.63, 3.8) is 0 Å². The van der Waals surface area contributed by atoms with Crippen LogP contribution in [0, 0.1) is 5.82 Å². The minimum atomic E-state index is -0.0965. The van der Waals surface area contributed by atoms with E-state index in [1.165, 1.54) is 6.07 Å². The van der Waals surface area contributed by atoms with Crippen molar-refractivity contribution in [1.29, 1.82) is 0 Å². The predicted octanol–water partition coefficient (Wildman–Crippen LogP) is 3.62. The zero-order valence-corrected chi connectivity index (χ0v) is 12.9. The Balaban J connectivity index is 1.77. The lowest BCUT2D eigenvalue weighted by molar-refractivity contribution is 0.349. The molecule has 22 heavy (non-hydrogen) atoms. The second kappa shape index (κ2) is 6.36. The average Bonchev–Trinajstić information content (AvgIpc) is 2.97. The van der Waals surface area contributed by atoms with Crippen molar-refractivity contribution in [2.75, 3.05) is 14.2 Å². The van der Waals surface area contributed by atoms with Crippen molar-refractivity contribution in [2.45, 2.75) is 25.4 Å². The standard InChI is InChI=1S/C18H20FNO2/c1-21-17-8-3-5-12(18(17)22-2)11-20-16-10-9-13-14(16)6-4-7-15(13)19/h3-8,16,20H,9-11H2,1-2H3. The molecule has 0 heterocycles. The molecule has 116 valence electrons. The van der Waals surface area contributed by atoms with Crippen LogP contribution in [-0.4, -0.2) is 14.2 Å². The van der Waals surface area contributed by atoms with Crippen molar-refractivity contribution in [1.82, 2.24) is 5.32 Å². The van der Waals surface area contributed by atoms with Gasteiger partial charge in [0, 0.05) is 18.2 Å². The molecular weight excluding hydrogens is 281 g/mol. The molecule has 0 amide bonds. The van der Waals surface area contributed by atoms with Gasteiger partial charge in [0.2, 0.25) is 0 Å². The SMILES string of the molecule is COc1cccc(CNC2CCc3c(F)cccc32)c1OC. The molecule has 1 aliphatic carbocycles. The summed E-state index contributed by atoms with van der Waals surface area (Å²) >= 11 is 0. The normalized spacial score (nSPS) is 16.4. The van der Waals surface area contributed by atoms with E-state index in [2.05, 4.69) is 5.32 Å². The molecule has 0 aliphatic heterocycles. The van der Waals surface area contributed by atoms with E-state index in [1.807, 2.05) is 24.3 Å². The Morgan fingerprint density at radius 2 is 1.95 bits per heavy atom. The first-order valence-corrected chi connectivity index (χ1v) is 7.45. The van der Waals surface area contributed by atoms with E-state index < -0.39 is 0 Å². The number of hydrogen-bond acceptors (Lipinski definition) is 3. The Kier molecular flexibility index (Phi) is 4.29. The number of ether oxygens (including phenoxy) is 2. The third-order valence-electron chi connectivity index (χ3n) is 4.24. The molecule has 1 N–H and O–H groups in total. The summed E-state index contributed by atoms with van der Waals surface area (Å²) in [6, 6.07) is 11.3. The molecule has 2 aromatic rings. The third-order valence-corrected chi connectivity index (χ3v) is 4.24. The van der Waals surface area contributed by atoms with Crippen LogP contribution in [0.3, 0.4) is 0 Å². The zero-order chi connectivity index (χ0) is 15.5. The summed E-state index contributed by atoms with van der Waals surface area (Å²) in [4.78, 5) is 0. The van der Waals surface area contributed by atoms with Crippen LogP contribution in [0.2, 0.25) is 0 Å². The number of fused-ring (bicyclic) bond motifs is 1. The molecule has 1 atom stereocenters. The highest BCUT2D eigenvalue weighted by Crippen LogP contribution is 2.34. The highest BCUT2D eigenvalue weighted by atomic mass is 19.1. The zero-order valence-electron chi connectivity index (χ0n) is 12.9. The molecule has 0 spiro atoms. The molecule has 2 aromatic carbocycles. The molecule has 1 aliphatic rings. The molecule has 0 fully saturated rings. The highest BCUT2D eigenvalue weighted by molar-refractivity contribution is 5.46. The van der Waals surface area contributed by atoms with E-state index in [-0.39, 0.29) is 11.9 Å². The number of benzene rings is 2. The van der Waals surface area contributed by atoms with Crippen molar-refractivity contribution in [3.05, 3.63) is 58.9 Å². The summed E-state index contributed by atoms with van der Waals surface area (Å²) < 4.78 is 24.5. The van der Waals surface area contributed by atoms with Gasteiger partial charge in [-0.15, -0.1) is 0 Å². The monoisotopic (exact) mass is 301 g/mol. The van der Waals surface area contributed by atoms with Gasteiger partial charge in [0.05, 0.1) is 14.2 Å². The van der Waals surface area contributed by atoms with Gasteiger partial charge in [-0.3, -0.25) is 0 Å². The number of para-hydroxylation sites is 1. The second-order valence-corrected chi connectivity index (χ2v) is 5.43. The lowest BCUT2D eigenvalue weighted by Gasteiger charge is -2.17. The Hall–Kier alpha value is -2.07. The van der Waals surface area contributed by atoms with E-state index >= 15 is 0 Å². The topological polar surface area (TPSA) is 30.5 Å². The van der Waals surface area contributed by atoms with Crippen LogP contribution >= 0.6 is 0 Å². The summed E-state index contributed by atoms with van der Waals surface area (Å²) in [5.41, 5.74) is 2.95. The molecule has 1 unspecified atom stereocenters. The van der Waals surface area contributed by atoms with E-state index in [9.17, 15) is 4.39 Å². The minimum absolute atomic E-state index is 0.0965. The van der Waals surface area contributed by atoms with E-state index in [0.717, 1.165) is 41.0 Å². The minimum Gasteiger partial charge on any atom is -0.493 e. The van der Waals surface area contributed by atoms with Crippen molar-refractivity contribution >= 4 is 0 Å². The molecule has 0 saturated heterocycles. The Morgan fingerprint density at radius 3 is 2.73 bits per heavy atom. The molecule has 3 rings (SSSR count). The Bertz CT molecular complexity index is 672. The molecule has 4 heteroatoms. The van der Waals surface area contributed by atoms with Crippen molar-refractivity contribution in [2.24, 2.45) is 0 Å². The summed E-state index contributed by atoms with van der Waals surface area (Å²) in [5.74, 6) is 1.37. The number of nitrogens with one attached hydrogen (secondary N) is 1. The number of halogens is 1. The fourth-order valence-electron chi connectivity index (χ4n) is 3.15. The number of methoxy groups -OCH3 is 2. The van der Waals surface area contributed by atoms with Gasteiger partial charge in [0.15, 0.2) is 11.5 Å². The first kappa shape index (κ1) is 14.9. The predicted molar refractivity (Wildman–Crippen MR) is 83.8 cm³/mol. The molecule has 3 nitrogen and oxygen atoms in total. The second-order valence-electron chi connectivity index (χ2n) is 5.43. The van der Waals surface area contributed by atoms with Gasteiger partial charge >= 0.3 is 0 Å². The number of rotatable bonds is 5. The highest BCUT2D eigenvalue weighted by Gasteiger charge is 2.24. The van der Waals surface area contributed by atoms with Gasteiger partial charge in [-0.2, -0.15) is 0 Å². The summed E-state index contributed by atoms with van der Waals surface area (Å²) in [5, 5.41) is 3.51. The smallest absolute Gasteiger partial charge is 0.165 e. The van der Waals surface area contributed by atoms with Crippen molar-refractivity contribution in [3.8, 4) is 11.5 Å². The van der Waals surface area contributed by atoms with Gasteiger partial charge in [0.1, 0.15) is 5.82 Å². The molecule has 0 radical (unpaired) electrons. The maximum absolute atomic E-state index is 13.8. The van der Waals surface area contributed by atoms with Gasteiger partial charge < -0.3 is 14.8 Å². The van der Waals surface area contributed by atoms with Gasteiger partial charge in [-0.25, -0.2) is 4.39 Å². The first-order chi connectivity index (χ1) is 10.7. The Morgan fingerprint density at radius 1 is 1.14 bits per heavy atom. The van der Waals surface area contributed by atoms with E-state index in [4.69, 9.17) is 9.47 Å². The average molecular weight is 301 g/mol. The van der Waals surface area contributed by atoms with E-state index in [0.29, 0.717) is 6.54 Å². The number of hydrogen-bond donors (Lipinski definition) is 1. The largest absolute Gasteiger partial charge is 0.493 e. The van der Waals surface area contributed by atoms with Gasteiger partial charge in [-0.05, 0) is 36.1 Å². The van der Waals surface area contributed by atoms with Crippen LogP contribution in [0.4, 0.5) is 4.39 Å². The maximum Gasteiger partial charge on any atom is 0.165 e. The van der Waals surface area contributed by atoms with Crippen LogP contribution in [0.5, 0.6) is 11.5 Å².